The summed E-state index contributed by atoms with van der Waals surface area (Å²) in [6.07, 6.45) is 11.7. The molecule has 46 heavy (non-hydrogen) atoms. The molecule has 0 aliphatic carbocycles. The lowest BCUT2D eigenvalue weighted by molar-refractivity contribution is 0.0527. The lowest BCUT2D eigenvalue weighted by Crippen LogP contribution is -2.32. The highest BCUT2D eigenvalue weighted by Gasteiger charge is 2.15. The summed E-state index contributed by atoms with van der Waals surface area (Å²) < 4.78 is 60.4. The van der Waals surface area contributed by atoms with Gasteiger partial charge in [-0.25, -0.2) is 31.1 Å². The maximum atomic E-state index is 11.5. The second-order valence-corrected chi connectivity index (χ2v) is 15.3. The van der Waals surface area contributed by atoms with E-state index in [0.29, 0.717) is 12.4 Å². The Kier molecular flexibility index (Phi) is 22.0. The third kappa shape index (κ3) is 21.0. The number of benzene rings is 2. The number of phenolic OH excluding ortho intramolecular Hbond substituents is 1. The number of alkyl carbamates (subject to hydrolysis) is 1. The monoisotopic (exact) mass is 687 g/mol. The fourth-order valence-corrected chi connectivity index (χ4v) is 5.17. The van der Waals surface area contributed by atoms with Gasteiger partial charge in [0.05, 0.1) is 16.4 Å². The Morgan fingerprint density at radius 1 is 0.696 bits per heavy atom. The molecule has 0 saturated carbocycles. The molecule has 0 spiro atoms. The number of hydrogen-bond acceptors (Lipinski definition) is 8. The van der Waals surface area contributed by atoms with Gasteiger partial charge in [-0.1, -0.05) is 65.2 Å². The van der Waals surface area contributed by atoms with Crippen molar-refractivity contribution in [2.75, 3.05) is 27.2 Å². The van der Waals surface area contributed by atoms with Crippen molar-refractivity contribution < 1.29 is 36.2 Å². The Hall–Kier alpha value is -2.87. The van der Waals surface area contributed by atoms with Crippen molar-refractivity contribution in [1.29, 1.82) is 0 Å². The number of sulfonamides is 2. The Labute approximate surface area is 278 Å². The average molecular weight is 688 g/mol. The van der Waals surface area contributed by atoms with Crippen molar-refractivity contribution >= 4 is 26.1 Å². The number of carbonyl (C=O) groups is 1. The summed E-state index contributed by atoms with van der Waals surface area (Å²) >= 11 is 0. The minimum Gasteiger partial charge on any atom is -0.508 e. The molecule has 0 aromatic heterocycles. The Bertz CT molecular complexity index is 1290. The molecular formula is C33H57N3O8S2. The number of aromatic hydroxyl groups is 1. The first-order valence-electron chi connectivity index (χ1n) is 16.0. The van der Waals surface area contributed by atoms with E-state index >= 15 is 0 Å². The topological polar surface area (TPSA) is 160 Å². The SMILES string of the molecule is CCCCCCCNC(=O)OC(C)(C)C.CCCCCCCOc1ccc(S(=O)(=O)NC)cc1.CNS(=O)(=O)c1ccc(O)cc1. The van der Waals surface area contributed by atoms with Crippen LogP contribution in [0.2, 0.25) is 0 Å². The first kappa shape index (κ1) is 43.1. The minimum absolute atomic E-state index is 0.0463. The number of nitrogens with one attached hydrogen (secondary N) is 3. The van der Waals surface area contributed by atoms with Crippen LogP contribution in [0.1, 0.15) is 98.8 Å². The summed E-state index contributed by atoms with van der Waals surface area (Å²) in [5.74, 6) is 0.760. The minimum atomic E-state index is -3.38. The Balaban J connectivity index is 0.000000679. The van der Waals surface area contributed by atoms with E-state index in [1.807, 2.05) is 20.8 Å². The van der Waals surface area contributed by atoms with Crippen molar-refractivity contribution in [3.05, 3.63) is 48.5 Å². The maximum Gasteiger partial charge on any atom is 0.407 e. The third-order valence-corrected chi connectivity index (χ3v) is 9.14. The molecule has 0 saturated heterocycles. The second kappa shape index (κ2) is 23.4. The molecule has 0 fully saturated rings. The van der Waals surface area contributed by atoms with E-state index < -0.39 is 25.6 Å². The standard InChI is InChI=1S/C14H23NO3S.C12H25NO2.C7H9NO3S/c1-3-4-5-6-7-12-18-13-8-10-14(11-9-13)19(16,17)15-2;1-5-6-7-8-9-10-13-11(14)15-12(2,3)4;1-8-12(10,11)7-4-2-6(9)3-5-7/h8-11,15H,3-7,12H2,1-2H3;5-10H2,1-4H3,(H,13,14);2-5,8-9H,1H3. The van der Waals surface area contributed by atoms with Crippen LogP contribution in [0.3, 0.4) is 0 Å². The molecule has 0 aliphatic heterocycles. The molecule has 0 unspecified atom stereocenters. The molecule has 2 rings (SSSR count). The van der Waals surface area contributed by atoms with Gasteiger partial charge < -0.3 is 19.9 Å². The number of rotatable bonds is 17. The van der Waals surface area contributed by atoms with Crippen LogP contribution >= 0.6 is 0 Å². The first-order chi connectivity index (χ1) is 21.6. The van der Waals surface area contributed by atoms with Crippen molar-refractivity contribution in [3.63, 3.8) is 0 Å². The molecule has 0 heterocycles. The summed E-state index contributed by atoms with van der Waals surface area (Å²) in [5.41, 5.74) is -0.397. The van der Waals surface area contributed by atoms with Gasteiger partial charge >= 0.3 is 6.09 Å². The molecule has 0 bridgehead atoms. The van der Waals surface area contributed by atoms with Crippen molar-refractivity contribution in [2.24, 2.45) is 0 Å². The maximum absolute atomic E-state index is 11.5. The lowest BCUT2D eigenvalue weighted by Gasteiger charge is -2.19. The highest BCUT2D eigenvalue weighted by molar-refractivity contribution is 7.89. The highest BCUT2D eigenvalue weighted by Crippen LogP contribution is 2.16. The van der Waals surface area contributed by atoms with E-state index in [-0.39, 0.29) is 21.6 Å². The van der Waals surface area contributed by atoms with Crippen LogP contribution in [0, 0.1) is 0 Å². The van der Waals surface area contributed by atoms with Crippen LogP contribution in [0.4, 0.5) is 4.79 Å². The van der Waals surface area contributed by atoms with Crippen molar-refractivity contribution in [1.82, 2.24) is 14.8 Å². The zero-order valence-corrected chi connectivity index (χ0v) is 30.4. The van der Waals surface area contributed by atoms with Crippen molar-refractivity contribution in [2.45, 2.75) is 114 Å². The quantitative estimate of drug-likeness (QED) is 0.133. The molecule has 11 nitrogen and oxygen atoms in total. The van der Waals surface area contributed by atoms with Gasteiger partial charge in [0.25, 0.3) is 0 Å². The van der Waals surface area contributed by atoms with Gasteiger partial charge in [-0.15, -0.1) is 0 Å². The second-order valence-electron chi connectivity index (χ2n) is 11.5. The van der Waals surface area contributed by atoms with Crippen LogP contribution in [-0.4, -0.2) is 60.9 Å². The predicted molar refractivity (Wildman–Crippen MR) is 184 cm³/mol. The van der Waals surface area contributed by atoms with Gasteiger partial charge in [-0.2, -0.15) is 0 Å². The third-order valence-electron chi connectivity index (χ3n) is 6.28. The zero-order chi connectivity index (χ0) is 35.1. The number of hydrogen-bond donors (Lipinski definition) is 4. The number of carbonyl (C=O) groups excluding carboxylic acids is 1. The fraction of sp³-hybridized carbons (Fsp3) is 0.606. The number of unbranched alkanes of at least 4 members (excludes halogenated alkanes) is 8. The van der Waals surface area contributed by atoms with E-state index in [4.69, 9.17) is 14.6 Å². The van der Waals surface area contributed by atoms with Gasteiger partial charge in [0.1, 0.15) is 17.1 Å². The molecule has 2 aromatic carbocycles. The van der Waals surface area contributed by atoms with E-state index in [1.165, 1.54) is 89.7 Å². The fourth-order valence-electron chi connectivity index (χ4n) is 3.70. The van der Waals surface area contributed by atoms with Crippen molar-refractivity contribution in [3.8, 4) is 11.5 Å². The van der Waals surface area contributed by atoms with E-state index in [1.54, 1.807) is 24.3 Å². The molecule has 264 valence electrons. The predicted octanol–water partition coefficient (Wildman–Crippen LogP) is 6.73. The van der Waals surface area contributed by atoms with Gasteiger partial charge in [-0.05, 0) is 96.2 Å². The van der Waals surface area contributed by atoms with Crippen LogP contribution in [0.15, 0.2) is 58.3 Å². The largest absolute Gasteiger partial charge is 0.508 e. The Morgan fingerprint density at radius 2 is 1.13 bits per heavy atom. The average Bonchev–Trinajstić information content (AvgIpc) is 3.01. The van der Waals surface area contributed by atoms with E-state index in [2.05, 4.69) is 28.6 Å². The molecular weight excluding hydrogens is 631 g/mol. The van der Waals surface area contributed by atoms with Gasteiger partial charge in [0.2, 0.25) is 20.0 Å². The van der Waals surface area contributed by atoms with Gasteiger partial charge in [-0.3, -0.25) is 0 Å². The highest BCUT2D eigenvalue weighted by atomic mass is 32.2. The molecule has 0 atom stereocenters. The smallest absolute Gasteiger partial charge is 0.407 e. The number of ether oxygens (including phenoxy) is 2. The van der Waals surface area contributed by atoms with Crippen LogP contribution in [-0.2, 0) is 24.8 Å². The molecule has 0 aliphatic rings. The summed E-state index contributed by atoms with van der Waals surface area (Å²) in [7, 11) is -4.00. The molecule has 13 heteroatoms. The van der Waals surface area contributed by atoms with Crippen LogP contribution < -0.4 is 19.5 Å². The van der Waals surface area contributed by atoms with Crippen LogP contribution in [0.25, 0.3) is 0 Å². The number of phenols is 1. The Morgan fingerprint density at radius 3 is 1.57 bits per heavy atom. The van der Waals surface area contributed by atoms with Gasteiger partial charge in [0, 0.05) is 6.54 Å². The molecule has 4 N–H and O–H groups in total. The normalized spacial score (nSPS) is 11.4. The summed E-state index contributed by atoms with van der Waals surface area (Å²) in [5, 5.41) is 11.6. The lowest BCUT2D eigenvalue weighted by atomic mass is 10.1. The summed E-state index contributed by atoms with van der Waals surface area (Å²) in [6.45, 7) is 11.4. The van der Waals surface area contributed by atoms with Gasteiger partial charge in [0.15, 0.2) is 0 Å². The first-order valence-corrected chi connectivity index (χ1v) is 18.9. The number of amides is 1. The summed E-state index contributed by atoms with van der Waals surface area (Å²) in [4.78, 5) is 11.6. The molecule has 1 amide bonds. The molecule has 2 aromatic rings. The van der Waals surface area contributed by atoms with Crippen LogP contribution in [0.5, 0.6) is 11.5 Å². The van der Waals surface area contributed by atoms with E-state index in [0.717, 1.165) is 19.4 Å². The van der Waals surface area contributed by atoms with E-state index in [9.17, 15) is 21.6 Å². The zero-order valence-electron chi connectivity index (χ0n) is 28.7. The molecule has 0 radical (unpaired) electrons. The summed E-state index contributed by atoms with van der Waals surface area (Å²) in [6, 6.07) is 11.8.